The number of hydrogen-bond acceptors (Lipinski definition) is 2. The van der Waals surface area contributed by atoms with Gasteiger partial charge in [0.2, 0.25) is 5.91 Å². The van der Waals surface area contributed by atoms with Gasteiger partial charge in [-0.15, -0.1) is 0 Å². The molecule has 0 fully saturated rings. The van der Waals surface area contributed by atoms with Crippen molar-refractivity contribution in [2.24, 2.45) is 0 Å². The number of hydrogen-bond donors (Lipinski definition) is 1. The van der Waals surface area contributed by atoms with Crippen LogP contribution in [0.15, 0.2) is 42.5 Å². The van der Waals surface area contributed by atoms with Gasteiger partial charge >= 0.3 is 0 Å². The zero-order valence-electron chi connectivity index (χ0n) is 17.3. The summed E-state index contributed by atoms with van der Waals surface area (Å²) in [5.74, 6) is 1.29. The maximum atomic E-state index is 11.3. The van der Waals surface area contributed by atoms with E-state index in [1.807, 2.05) is 6.92 Å². The summed E-state index contributed by atoms with van der Waals surface area (Å²) in [6, 6.07) is 15.1. The number of fused-ring (bicyclic) bond motifs is 1. The molecular weight excluding hydrogens is 346 g/mol. The molecule has 0 aliphatic carbocycles. The van der Waals surface area contributed by atoms with Crippen LogP contribution < -0.4 is 5.32 Å². The van der Waals surface area contributed by atoms with Crippen LogP contribution in [0.4, 0.5) is 0 Å². The largest absolute Gasteiger partial charge is 0.356 e. The molecule has 0 atom stereocenters. The van der Waals surface area contributed by atoms with E-state index in [9.17, 15) is 4.79 Å². The van der Waals surface area contributed by atoms with Gasteiger partial charge in [0.05, 0.1) is 11.0 Å². The molecule has 3 rings (SSSR count). The van der Waals surface area contributed by atoms with Crippen LogP contribution >= 0.6 is 0 Å². The first kappa shape index (κ1) is 20.1. The predicted molar refractivity (Wildman–Crippen MR) is 116 cm³/mol. The minimum atomic E-state index is 0.135. The molecule has 0 aliphatic rings. The summed E-state index contributed by atoms with van der Waals surface area (Å²) in [7, 11) is 0. The number of rotatable bonds is 9. The number of aryl methyl sites for hydroxylation is 3. The highest BCUT2D eigenvalue weighted by molar-refractivity contribution is 5.76. The Morgan fingerprint density at radius 2 is 1.89 bits per heavy atom. The van der Waals surface area contributed by atoms with E-state index in [2.05, 4.69) is 66.2 Å². The van der Waals surface area contributed by atoms with Gasteiger partial charge in [0.1, 0.15) is 5.82 Å². The summed E-state index contributed by atoms with van der Waals surface area (Å²) in [5, 5.41) is 2.95. The van der Waals surface area contributed by atoms with Crippen molar-refractivity contribution in [3.63, 3.8) is 0 Å². The summed E-state index contributed by atoms with van der Waals surface area (Å²) in [4.78, 5) is 16.2. The standard InChI is InChI=1S/C24H31N3O/c1-4-24(28)25-15-9-5-6-12-23-26-21-10-7-8-11-22(21)27(23)17-20-16-18(2)13-14-19(20)3/h7-8,10-11,13-14,16H,4-6,9,12,15,17H2,1-3H3,(H,25,28). The molecule has 148 valence electrons. The van der Waals surface area contributed by atoms with Gasteiger partial charge in [0.25, 0.3) is 0 Å². The van der Waals surface area contributed by atoms with Crippen molar-refractivity contribution < 1.29 is 4.79 Å². The third kappa shape index (κ3) is 5.00. The maximum Gasteiger partial charge on any atom is 0.219 e. The fraction of sp³-hybridized carbons (Fsp3) is 0.417. The summed E-state index contributed by atoms with van der Waals surface area (Å²) >= 11 is 0. The summed E-state index contributed by atoms with van der Waals surface area (Å²) in [6.45, 7) is 7.84. The van der Waals surface area contributed by atoms with E-state index in [-0.39, 0.29) is 5.91 Å². The fourth-order valence-electron chi connectivity index (χ4n) is 3.57. The van der Waals surface area contributed by atoms with Crippen LogP contribution in [0.5, 0.6) is 0 Å². The molecule has 4 heteroatoms. The lowest BCUT2D eigenvalue weighted by Crippen LogP contribution is -2.23. The fourth-order valence-corrected chi connectivity index (χ4v) is 3.57. The Hall–Kier alpha value is -2.62. The molecule has 3 aromatic rings. The van der Waals surface area contributed by atoms with Crippen LogP contribution in [0, 0.1) is 13.8 Å². The highest BCUT2D eigenvalue weighted by Crippen LogP contribution is 2.21. The van der Waals surface area contributed by atoms with Gasteiger partial charge in [-0.05, 0) is 49.9 Å². The SMILES string of the molecule is CCC(=O)NCCCCCc1nc2ccccc2n1Cc1cc(C)ccc1C. The molecule has 1 N–H and O–H groups in total. The highest BCUT2D eigenvalue weighted by atomic mass is 16.1. The molecule has 0 saturated heterocycles. The van der Waals surface area contributed by atoms with Crippen LogP contribution in [-0.4, -0.2) is 22.0 Å². The molecule has 0 spiro atoms. The number of nitrogens with one attached hydrogen (secondary N) is 1. The molecule has 0 unspecified atom stereocenters. The first-order chi connectivity index (χ1) is 13.6. The molecule has 2 aromatic carbocycles. The predicted octanol–water partition coefficient (Wildman–Crippen LogP) is 4.94. The van der Waals surface area contributed by atoms with Crippen molar-refractivity contribution in [1.29, 1.82) is 0 Å². The van der Waals surface area contributed by atoms with Gasteiger partial charge in [-0.1, -0.05) is 49.2 Å². The quantitative estimate of drug-likeness (QED) is 0.537. The van der Waals surface area contributed by atoms with Gasteiger partial charge in [0, 0.05) is 25.9 Å². The third-order valence-electron chi connectivity index (χ3n) is 5.29. The second kappa shape index (κ2) is 9.54. The van der Waals surface area contributed by atoms with E-state index < -0.39 is 0 Å². The average Bonchev–Trinajstić information content (AvgIpc) is 3.04. The zero-order valence-corrected chi connectivity index (χ0v) is 17.3. The lowest BCUT2D eigenvalue weighted by Gasteiger charge is -2.12. The van der Waals surface area contributed by atoms with E-state index in [4.69, 9.17) is 4.98 Å². The number of imidazole rings is 1. The average molecular weight is 378 g/mol. The molecule has 0 saturated carbocycles. The van der Waals surface area contributed by atoms with Gasteiger partial charge in [-0.25, -0.2) is 4.98 Å². The van der Waals surface area contributed by atoms with Gasteiger partial charge in [-0.3, -0.25) is 4.79 Å². The molecule has 1 aromatic heterocycles. The van der Waals surface area contributed by atoms with Crippen molar-refractivity contribution in [2.45, 2.75) is 59.4 Å². The minimum absolute atomic E-state index is 0.135. The number of carbonyl (C=O) groups excluding carboxylic acids is 1. The molecule has 1 heterocycles. The normalized spacial score (nSPS) is 11.1. The van der Waals surface area contributed by atoms with Gasteiger partial charge < -0.3 is 9.88 Å². The first-order valence-corrected chi connectivity index (χ1v) is 10.4. The molecule has 0 radical (unpaired) electrons. The van der Waals surface area contributed by atoms with Gasteiger partial charge in [0.15, 0.2) is 0 Å². The number of para-hydroxylation sites is 2. The molecular formula is C24H31N3O. The van der Waals surface area contributed by atoms with Crippen LogP contribution in [0.1, 0.15) is 55.1 Å². The van der Waals surface area contributed by atoms with E-state index in [1.54, 1.807) is 0 Å². The Kier molecular flexibility index (Phi) is 6.85. The Labute approximate surface area is 168 Å². The van der Waals surface area contributed by atoms with Crippen LogP contribution in [0.2, 0.25) is 0 Å². The van der Waals surface area contributed by atoms with Crippen molar-refractivity contribution in [2.75, 3.05) is 6.54 Å². The minimum Gasteiger partial charge on any atom is -0.356 e. The van der Waals surface area contributed by atoms with E-state index >= 15 is 0 Å². The van der Waals surface area contributed by atoms with Gasteiger partial charge in [-0.2, -0.15) is 0 Å². The van der Waals surface area contributed by atoms with Crippen molar-refractivity contribution in [3.05, 3.63) is 65.0 Å². The Balaban J connectivity index is 1.71. The summed E-state index contributed by atoms with van der Waals surface area (Å²) in [6.07, 6.45) is 4.71. The number of amides is 1. The monoisotopic (exact) mass is 377 g/mol. The molecule has 0 aliphatic heterocycles. The molecule has 0 bridgehead atoms. The zero-order chi connectivity index (χ0) is 19.9. The number of nitrogens with zero attached hydrogens (tertiary/aromatic N) is 2. The van der Waals surface area contributed by atoms with E-state index in [0.717, 1.165) is 50.1 Å². The first-order valence-electron chi connectivity index (χ1n) is 10.4. The number of carbonyl (C=O) groups is 1. The Bertz CT molecular complexity index is 942. The number of benzene rings is 2. The summed E-state index contributed by atoms with van der Waals surface area (Å²) in [5.41, 5.74) is 6.24. The van der Waals surface area contributed by atoms with Crippen LogP contribution in [-0.2, 0) is 17.8 Å². The van der Waals surface area contributed by atoms with Crippen molar-refractivity contribution in [1.82, 2.24) is 14.9 Å². The highest BCUT2D eigenvalue weighted by Gasteiger charge is 2.12. The van der Waals surface area contributed by atoms with E-state index in [0.29, 0.717) is 6.42 Å². The van der Waals surface area contributed by atoms with E-state index in [1.165, 1.54) is 22.2 Å². The lowest BCUT2D eigenvalue weighted by molar-refractivity contribution is -0.120. The smallest absolute Gasteiger partial charge is 0.219 e. The number of aromatic nitrogens is 2. The Morgan fingerprint density at radius 3 is 2.71 bits per heavy atom. The molecule has 28 heavy (non-hydrogen) atoms. The van der Waals surface area contributed by atoms with Crippen LogP contribution in [0.3, 0.4) is 0 Å². The topological polar surface area (TPSA) is 46.9 Å². The third-order valence-corrected chi connectivity index (χ3v) is 5.29. The Morgan fingerprint density at radius 1 is 1.07 bits per heavy atom. The number of unbranched alkanes of at least 4 members (excludes halogenated alkanes) is 2. The molecule has 1 amide bonds. The lowest BCUT2D eigenvalue weighted by atomic mass is 10.1. The van der Waals surface area contributed by atoms with Crippen molar-refractivity contribution in [3.8, 4) is 0 Å². The molecule has 4 nitrogen and oxygen atoms in total. The maximum absolute atomic E-state index is 11.3. The second-order valence-electron chi connectivity index (χ2n) is 7.55. The van der Waals surface area contributed by atoms with Crippen molar-refractivity contribution >= 4 is 16.9 Å². The summed E-state index contributed by atoms with van der Waals surface area (Å²) < 4.78 is 2.37. The van der Waals surface area contributed by atoms with Crippen LogP contribution in [0.25, 0.3) is 11.0 Å². The second-order valence-corrected chi connectivity index (χ2v) is 7.55.